The molecule has 0 aliphatic heterocycles. The lowest BCUT2D eigenvalue weighted by molar-refractivity contribution is -0.134. The molecule has 2 aromatic rings. The number of hydrogen-bond donors (Lipinski definition) is 8. The van der Waals surface area contributed by atoms with E-state index in [0.717, 1.165) is 24.8 Å². The minimum absolute atomic E-state index is 0.0374. The number of phenols is 1. The number of unbranched alkanes of at least 4 members (excludes halogenated alkanes) is 1. The van der Waals surface area contributed by atoms with Crippen molar-refractivity contribution in [1.29, 1.82) is 5.41 Å². The van der Waals surface area contributed by atoms with Crippen molar-refractivity contribution in [3.63, 3.8) is 0 Å². The van der Waals surface area contributed by atoms with Gasteiger partial charge in [-0.25, -0.2) is 9.59 Å². The summed E-state index contributed by atoms with van der Waals surface area (Å²) in [4.78, 5) is 57.3. The van der Waals surface area contributed by atoms with Crippen molar-refractivity contribution in [2.24, 2.45) is 29.2 Å². The topological polar surface area (TPSA) is 270 Å². The quantitative estimate of drug-likeness (QED) is 0.0600. The molecule has 17 nitrogen and oxygen atoms in total. The maximum atomic E-state index is 14.5. The summed E-state index contributed by atoms with van der Waals surface area (Å²) in [7, 11) is 0. The lowest BCUT2D eigenvalue weighted by Gasteiger charge is -2.55. The fraction of sp³-hybridized carbons (Fsp3) is 0.675. The van der Waals surface area contributed by atoms with Crippen LogP contribution in [0.5, 0.6) is 5.75 Å². The molecule has 57 heavy (non-hydrogen) atoms. The van der Waals surface area contributed by atoms with Gasteiger partial charge in [0.25, 0.3) is 5.91 Å². The highest BCUT2D eigenvalue weighted by atomic mass is 16.6. The Morgan fingerprint density at radius 1 is 0.930 bits per heavy atom. The minimum atomic E-state index is -1.33. The molecule has 0 radical (unpaired) electrons. The number of alkyl carbamates (subject to hydrolysis) is 1. The molecular weight excluding hydrogens is 734 g/mol. The Labute approximate surface area is 334 Å². The Bertz CT molecular complexity index is 1710. The van der Waals surface area contributed by atoms with E-state index in [1.54, 1.807) is 46.8 Å². The highest BCUT2D eigenvalue weighted by Gasteiger charge is 2.54. The smallest absolute Gasteiger partial charge is 0.407 e. The van der Waals surface area contributed by atoms with Crippen LogP contribution < -0.4 is 32.7 Å². The van der Waals surface area contributed by atoms with Crippen LogP contribution in [0.1, 0.15) is 126 Å². The number of amides is 4. The number of aromatic hydroxyl groups is 1. The Morgan fingerprint density at radius 3 is 2.12 bits per heavy atom. The molecule has 6 rings (SSSR count). The molecule has 4 aliphatic rings. The average Bonchev–Trinajstić information content (AvgIpc) is 3.60. The summed E-state index contributed by atoms with van der Waals surface area (Å²) in [6, 6.07) is 1.26. The van der Waals surface area contributed by atoms with Gasteiger partial charge in [-0.1, -0.05) is 5.16 Å². The Morgan fingerprint density at radius 2 is 1.54 bits per heavy atom. The van der Waals surface area contributed by atoms with E-state index < -0.39 is 47.8 Å². The molecule has 17 heteroatoms. The fourth-order valence-corrected chi connectivity index (χ4v) is 9.35. The van der Waals surface area contributed by atoms with Crippen LogP contribution >= 0.6 is 0 Å². The zero-order chi connectivity index (χ0) is 41.5. The van der Waals surface area contributed by atoms with Gasteiger partial charge in [0.15, 0.2) is 17.9 Å². The summed E-state index contributed by atoms with van der Waals surface area (Å²) in [6.45, 7) is 9.57. The monoisotopic (exact) mass is 795 g/mol. The van der Waals surface area contributed by atoms with Gasteiger partial charge in [0.05, 0.1) is 0 Å². The lowest BCUT2D eigenvalue weighted by Crippen LogP contribution is -2.52. The SMILES string of the molecule is Cc1cc(O)cc(C)c1C[C@H](NC(=O)[C@@H](CCCNC(=N)N)OC(N)=O)C(=O)N[C@@H](CCCCNC(=O)OC(C)(C)C)c1nc(C23CC4CC(CC(C4)C2)C3)no1. The molecule has 1 aromatic heterocycles. The van der Waals surface area contributed by atoms with Crippen LogP contribution in [0.15, 0.2) is 16.7 Å². The molecule has 4 bridgehead atoms. The first-order valence-electron chi connectivity index (χ1n) is 20.1. The van der Waals surface area contributed by atoms with E-state index in [4.69, 9.17) is 35.9 Å². The van der Waals surface area contributed by atoms with Gasteiger partial charge in [-0.2, -0.15) is 4.98 Å². The number of primary amides is 1. The van der Waals surface area contributed by atoms with Gasteiger partial charge >= 0.3 is 12.2 Å². The number of nitrogens with two attached hydrogens (primary N) is 2. The van der Waals surface area contributed by atoms with E-state index in [0.29, 0.717) is 66.9 Å². The molecule has 4 aliphatic carbocycles. The fourth-order valence-electron chi connectivity index (χ4n) is 9.35. The van der Waals surface area contributed by atoms with Crippen LogP contribution in [0.4, 0.5) is 9.59 Å². The Hall–Kier alpha value is -5.09. The minimum Gasteiger partial charge on any atom is -0.508 e. The number of guanidine groups is 1. The zero-order valence-electron chi connectivity index (χ0n) is 33.9. The number of benzene rings is 1. The van der Waals surface area contributed by atoms with E-state index in [9.17, 15) is 24.3 Å². The molecular formula is C40H61N9O8. The first-order chi connectivity index (χ1) is 26.9. The summed E-state index contributed by atoms with van der Waals surface area (Å²) in [6.07, 6.45) is 5.75. The molecule has 4 fully saturated rings. The molecule has 3 atom stereocenters. The third kappa shape index (κ3) is 12.0. The molecule has 1 aromatic carbocycles. The van der Waals surface area contributed by atoms with E-state index in [2.05, 4.69) is 26.4 Å². The number of carbonyl (C=O) groups is 4. The van der Waals surface area contributed by atoms with Gasteiger partial charge in [0.2, 0.25) is 11.8 Å². The average molecular weight is 796 g/mol. The van der Waals surface area contributed by atoms with Gasteiger partial charge in [0, 0.05) is 24.9 Å². The summed E-state index contributed by atoms with van der Waals surface area (Å²) in [5.41, 5.74) is 12.1. The summed E-state index contributed by atoms with van der Waals surface area (Å²) in [5, 5.41) is 33.4. The normalized spacial score (nSPS) is 22.5. The number of carbonyl (C=O) groups excluding carboxylic acids is 4. The third-order valence-electron chi connectivity index (χ3n) is 11.4. The number of hydrogen-bond acceptors (Lipinski definition) is 11. The summed E-state index contributed by atoms with van der Waals surface area (Å²) >= 11 is 0. The number of phenolic OH excluding ortho intramolecular Hbond substituents is 1. The van der Waals surface area contributed by atoms with Crippen molar-refractivity contribution >= 4 is 30.0 Å². The molecule has 4 saturated carbocycles. The molecule has 314 valence electrons. The maximum absolute atomic E-state index is 14.5. The van der Waals surface area contributed by atoms with Crippen LogP contribution in [0, 0.1) is 37.0 Å². The molecule has 0 spiro atoms. The lowest BCUT2D eigenvalue weighted by atomic mass is 9.49. The van der Waals surface area contributed by atoms with E-state index in [1.165, 1.54) is 19.3 Å². The number of nitrogens with zero attached hydrogens (tertiary/aromatic N) is 2. The van der Waals surface area contributed by atoms with Crippen LogP contribution in [0.25, 0.3) is 0 Å². The van der Waals surface area contributed by atoms with Gasteiger partial charge in [-0.3, -0.25) is 15.0 Å². The molecule has 4 amide bonds. The molecule has 10 N–H and O–H groups in total. The predicted molar refractivity (Wildman–Crippen MR) is 210 cm³/mol. The van der Waals surface area contributed by atoms with Crippen molar-refractivity contribution in [3.05, 3.63) is 40.5 Å². The van der Waals surface area contributed by atoms with Gasteiger partial charge < -0.3 is 51.8 Å². The van der Waals surface area contributed by atoms with Crippen molar-refractivity contribution in [2.45, 2.75) is 141 Å². The van der Waals surface area contributed by atoms with Crippen LogP contribution in [0.2, 0.25) is 0 Å². The molecule has 1 heterocycles. The second-order valence-electron chi connectivity index (χ2n) is 17.4. The van der Waals surface area contributed by atoms with Gasteiger partial charge in [-0.05, 0) is 152 Å². The van der Waals surface area contributed by atoms with Crippen LogP contribution in [0.3, 0.4) is 0 Å². The first-order valence-corrected chi connectivity index (χ1v) is 20.1. The number of aryl methyl sites for hydroxylation is 2. The highest BCUT2D eigenvalue weighted by molar-refractivity contribution is 5.90. The first kappa shape index (κ1) is 43.0. The standard InChI is InChI=1S/C40H61N9O8/c1-22-13-27(50)14-23(2)28(22)18-30(47-33(52)31(55-37(43)53)10-8-12-44-36(41)42)32(51)46-29(9-6-7-11-45-38(54)56-39(3,4)5)34-48-35(49-57-34)40-19-24-15-25(20-40)17-26(16-24)21-40/h13-14,24-26,29-31,50H,6-12,15-21H2,1-5H3,(H2,43,53)(H,45,54)(H,46,51)(H,47,52)(H4,41,42,44)/t24?,25?,26?,29-,30-,31+,40?/m0/s1. The van der Waals surface area contributed by atoms with E-state index in [-0.39, 0.29) is 42.4 Å². The number of nitrogens with one attached hydrogen (secondary N) is 5. The Kier molecular flexibility index (Phi) is 13.9. The van der Waals surface area contributed by atoms with Crippen LogP contribution in [-0.4, -0.2) is 76.0 Å². The summed E-state index contributed by atoms with van der Waals surface area (Å²) < 4.78 is 16.5. The number of aromatic nitrogens is 2. The molecule has 0 unspecified atom stereocenters. The van der Waals surface area contributed by atoms with E-state index >= 15 is 0 Å². The van der Waals surface area contributed by atoms with Gasteiger partial charge in [-0.15, -0.1) is 0 Å². The van der Waals surface area contributed by atoms with Crippen molar-refractivity contribution < 1.29 is 38.3 Å². The second-order valence-corrected chi connectivity index (χ2v) is 17.4. The Balaban J connectivity index is 1.37. The largest absolute Gasteiger partial charge is 0.508 e. The molecule has 0 saturated heterocycles. The predicted octanol–water partition coefficient (Wildman–Crippen LogP) is 4.17. The maximum Gasteiger partial charge on any atom is 0.407 e. The number of ether oxygens (including phenoxy) is 2. The third-order valence-corrected chi connectivity index (χ3v) is 11.4. The van der Waals surface area contributed by atoms with Crippen molar-refractivity contribution in [2.75, 3.05) is 13.1 Å². The number of rotatable bonds is 18. The van der Waals surface area contributed by atoms with Crippen molar-refractivity contribution in [3.8, 4) is 5.75 Å². The van der Waals surface area contributed by atoms with Crippen molar-refractivity contribution in [1.82, 2.24) is 31.4 Å². The zero-order valence-corrected chi connectivity index (χ0v) is 33.9. The van der Waals surface area contributed by atoms with Gasteiger partial charge in [0.1, 0.15) is 23.4 Å². The van der Waals surface area contributed by atoms with Crippen LogP contribution in [-0.2, 0) is 30.9 Å². The second kappa shape index (κ2) is 18.4. The van der Waals surface area contributed by atoms with E-state index in [1.807, 2.05) is 0 Å². The summed E-state index contributed by atoms with van der Waals surface area (Å²) in [5.74, 6) is 1.48. The highest BCUT2D eigenvalue weighted by Crippen LogP contribution is 2.60.